The predicted octanol–water partition coefficient (Wildman–Crippen LogP) is 2.41. The third-order valence-electron chi connectivity index (χ3n) is 5.07. The molecule has 1 unspecified atom stereocenters. The van der Waals surface area contributed by atoms with Crippen molar-refractivity contribution in [2.45, 2.75) is 26.0 Å². The van der Waals surface area contributed by atoms with Gasteiger partial charge in [-0.2, -0.15) is 0 Å². The zero-order valence-corrected chi connectivity index (χ0v) is 16.0. The lowest BCUT2D eigenvalue weighted by Gasteiger charge is -2.36. The third-order valence-corrected chi connectivity index (χ3v) is 5.07. The Balaban J connectivity index is 1.70. The summed E-state index contributed by atoms with van der Waals surface area (Å²) in [5, 5.41) is 12.3. The highest BCUT2D eigenvalue weighted by Gasteiger charge is 2.40. The number of carbonyl (C=O) groups is 1. The van der Waals surface area contributed by atoms with Crippen molar-refractivity contribution in [1.82, 2.24) is 15.1 Å². The average Bonchev–Trinajstić information content (AvgIpc) is 3.12. The molecule has 7 heteroatoms. The van der Waals surface area contributed by atoms with E-state index in [1.165, 1.54) is 10.5 Å². The number of nitrogens with zero attached hydrogens (tertiary/aromatic N) is 4. The van der Waals surface area contributed by atoms with Crippen LogP contribution in [0, 0.1) is 6.92 Å². The summed E-state index contributed by atoms with van der Waals surface area (Å²) in [5.74, 6) is 1.08. The lowest BCUT2D eigenvalue weighted by Crippen LogP contribution is -2.63. The van der Waals surface area contributed by atoms with E-state index < -0.39 is 0 Å². The normalized spacial score (nSPS) is 20.2. The van der Waals surface area contributed by atoms with Crippen molar-refractivity contribution in [3.8, 4) is 0 Å². The highest BCUT2D eigenvalue weighted by Crippen LogP contribution is 2.25. The van der Waals surface area contributed by atoms with Gasteiger partial charge < -0.3 is 5.11 Å². The predicted molar refractivity (Wildman–Crippen MR) is 109 cm³/mol. The molecule has 0 spiro atoms. The third kappa shape index (κ3) is 3.36. The molecule has 0 aliphatic carbocycles. The Hall–Kier alpha value is -3.19. The van der Waals surface area contributed by atoms with Crippen LogP contribution in [0.1, 0.15) is 16.7 Å². The van der Waals surface area contributed by atoms with Gasteiger partial charge in [0.05, 0.1) is 24.9 Å². The van der Waals surface area contributed by atoms with Gasteiger partial charge in [0.25, 0.3) is 0 Å². The summed E-state index contributed by atoms with van der Waals surface area (Å²) < 4.78 is 0. The van der Waals surface area contributed by atoms with E-state index in [1.807, 2.05) is 48.2 Å². The Morgan fingerprint density at radius 2 is 2.00 bits per heavy atom. The zero-order chi connectivity index (χ0) is 19.7. The monoisotopic (exact) mass is 377 g/mol. The van der Waals surface area contributed by atoms with E-state index in [-0.39, 0.29) is 18.7 Å². The first kappa shape index (κ1) is 18.2. The molecule has 2 aliphatic heterocycles. The number of fused-ring (bicyclic) bond motifs is 1. The molecule has 0 aromatic heterocycles. The van der Waals surface area contributed by atoms with Gasteiger partial charge in [-0.3, -0.25) is 15.1 Å². The molecule has 2 aromatic rings. The van der Waals surface area contributed by atoms with Crippen LogP contribution >= 0.6 is 0 Å². The molecule has 144 valence electrons. The minimum Gasteiger partial charge on any atom is -0.392 e. The topological polar surface area (TPSA) is 80.5 Å². The van der Waals surface area contributed by atoms with Gasteiger partial charge in [-0.15, -0.1) is 0 Å². The number of aliphatic imine (C=N–C) groups is 2. The van der Waals surface area contributed by atoms with E-state index in [9.17, 15) is 9.90 Å². The Morgan fingerprint density at radius 3 is 2.75 bits per heavy atom. The van der Waals surface area contributed by atoms with E-state index in [4.69, 9.17) is 4.99 Å². The first-order valence-corrected chi connectivity index (χ1v) is 9.28. The second-order valence-electron chi connectivity index (χ2n) is 7.06. The quantitative estimate of drug-likeness (QED) is 0.859. The minimum atomic E-state index is -0.259. The molecule has 7 nitrogen and oxygen atoms in total. The van der Waals surface area contributed by atoms with Crippen LogP contribution in [0.25, 0.3) is 0 Å². The van der Waals surface area contributed by atoms with E-state index in [2.05, 4.69) is 22.4 Å². The van der Waals surface area contributed by atoms with Crippen molar-refractivity contribution in [3.05, 3.63) is 65.2 Å². The van der Waals surface area contributed by atoms with E-state index in [1.54, 1.807) is 7.05 Å². The molecule has 1 atom stereocenters. The number of rotatable bonds is 4. The molecule has 28 heavy (non-hydrogen) atoms. The van der Waals surface area contributed by atoms with Crippen molar-refractivity contribution >= 4 is 23.6 Å². The number of benzene rings is 2. The fourth-order valence-electron chi connectivity index (χ4n) is 3.49. The number of aliphatic hydroxyl groups excluding tert-OH is 1. The molecule has 2 amide bonds. The lowest BCUT2D eigenvalue weighted by atomic mass is 10.1. The summed E-state index contributed by atoms with van der Waals surface area (Å²) in [6, 6.07) is 15.7. The minimum absolute atomic E-state index is 0.0553. The molecule has 0 saturated carbocycles. The summed E-state index contributed by atoms with van der Waals surface area (Å²) in [4.78, 5) is 25.3. The van der Waals surface area contributed by atoms with E-state index in [0.29, 0.717) is 18.5 Å². The van der Waals surface area contributed by atoms with Crippen LogP contribution in [0.5, 0.6) is 0 Å². The van der Waals surface area contributed by atoms with Gasteiger partial charge in [-0.05, 0) is 36.1 Å². The molecule has 2 N–H and O–H groups in total. The number of aryl methyl sites for hydroxylation is 1. The van der Waals surface area contributed by atoms with Crippen LogP contribution in [0.2, 0.25) is 0 Å². The van der Waals surface area contributed by atoms with Crippen LogP contribution in [-0.2, 0) is 13.0 Å². The van der Waals surface area contributed by atoms with E-state index in [0.717, 1.165) is 23.2 Å². The van der Waals surface area contributed by atoms with Crippen LogP contribution in [0.4, 0.5) is 10.5 Å². The highest BCUT2D eigenvalue weighted by atomic mass is 16.3. The van der Waals surface area contributed by atoms with Crippen molar-refractivity contribution in [2.75, 3.05) is 13.6 Å². The van der Waals surface area contributed by atoms with Crippen LogP contribution in [-0.4, -0.2) is 52.5 Å². The van der Waals surface area contributed by atoms with Crippen LogP contribution in [0.15, 0.2) is 58.5 Å². The number of guanidine groups is 2. The standard InChI is InChI=1S/C21H23N5O2/c1-14-8-9-16(13-27)11-18(14)23-19-24-21(28)25(2)20-22-12-17(26(19)20)10-15-6-4-3-5-7-15/h3-9,11,17,27H,10,12-13H2,1-2H3,(H,23,24,28). The molecule has 1 fully saturated rings. The molecular formula is C21H23N5O2. The zero-order valence-electron chi connectivity index (χ0n) is 16.0. The first-order chi connectivity index (χ1) is 13.6. The fraction of sp³-hybridized carbons (Fsp3) is 0.286. The number of aliphatic hydroxyl groups is 1. The van der Waals surface area contributed by atoms with Gasteiger partial charge in [0.2, 0.25) is 11.9 Å². The summed E-state index contributed by atoms with van der Waals surface area (Å²) in [6.07, 6.45) is 0.798. The smallest absolute Gasteiger partial charge is 0.330 e. The second kappa shape index (κ2) is 7.44. The largest absolute Gasteiger partial charge is 0.392 e. The van der Waals surface area contributed by atoms with Gasteiger partial charge in [-0.1, -0.05) is 42.5 Å². The second-order valence-corrected chi connectivity index (χ2v) is 7.06. The Kier molecular flexibility index (Phi) is 4.83. The number of hydrogen-bond acceptors (Lipinski definition) is 4. The maximum atomic E-state index is 12.4. The molecule has 2 aliphatic rings. The number of urea groups is 1. The summed E-state index contributed by atoms with van der Waals surface area (Å²) in [5.41, 5.74) is 3.67. The van der Waals surface area contributed by atoms with Gasteiger partial charge >= 0.3 is 6.03 Å². The van der Waals surface area contributed by atoms with Gasteiger partial charge in [0.15, 0.2) is 0 Å². The number of nitrogens with one attached hydrogen (secondary N) is 1. The summed E-state index contributed by atoms with van der Waals surface area (Å²) in [7, 11) is 1.71. The van der Waals surface area contributed by atoms with Crippen molar-refractivity contribution < 1.29 is 9.90 Å². The van der Waals surface area contributed by atoms with Gasteiger partial charge in [0, 0.05) is 7.05 Å². The number of hydrogen-bond donors (Lipinski definition) is 2. The summed E-state index contributed by atoms with van der Waals surface area (Å²) >= 11 is 0. The molecule has 4 rings (SSSR count). The average molecular weight is 377 g/mol. The molecule has 2 heterocycles. The molecule has 0 radical (unpaired) electrons. The summed E-state index contributed by atoms with van der Waals surface area (Å²) in [6.45, 7) is 2.50. The van der Waals surface area contributed by atoms with Crippen molar-refractivity contribution in [1.29, 1.82) is 0 Å². The SMILES string of the molecule is Cc1ccc(CO)cc1N=C1NC(=O)N(C)C2=NCC(Cc3ccccc3)N12. The van der Waals surface area contributed by atoms with Crippen molar-refractivity contribution in [3.63, 3.8) is 0 Å². The van der Waals surface area contributed by atoms with E-state index >= 15 is 0 Å². The molecule has 1 saturated heterocycles. The van der Waals surface area contributed by atoms with Crippen LogP contribution in [0.3, 0.4) is 0 Å². The molecular weight excluding hydrogens is 354 g/mol. The van der Waals surface area contributed by atoms with Crippen LogP contribution < -0.4 is 5.32 Å². The first-order valence-electron chi connectivity index (χ1n) is 9.28. The number of carbonyl (C=O) groups excluding carboxylic acids is 1. The van der Waals surface area contributed by atoms with Gasteiger partial charge in [0.1, 0.15) is 0 Å². The van der Waals surface area contributed by atoms with Crippen molar-refractivity contribution in [2.24, 2.45) is 9.98 Å². The highest BCUT2D eigenvalue weighted by molar-refractivity contribution is 6.16. The Labute approximate surface area is 164 Å². The Morgan fingerprint density at radius 1 is 1.21 bits per heavy atom. The maximum Gasteiger partial charge on any atom is 0.330 e. The fourth-order valence-corrected chi connectivity index (χ4v) is 3.49. The Bertz CT molecular complexity index is 955. The number of amides is 2. The maximum absolute atomic E-state index is 12.4. The lowest BCUT2D eigenvalue weighted by molar-refractivity contribution is 0.222. The molecule has 0 bridgehead atoms. The van der Waals surface area contributed by atoms with Gasteiger partial charge in [-0.25, -0.2) is 14.8 Å². The molecule has 2 aromatic carbocycles.